The average Bonchev–Trinajstić information content (AvgIpc) is 2.88. The first-order chi connectivity index (χ1) is 16.8. The molecule has 0 aliphatic carbocycles. The summed E-state index contributed by atoms with van der Waals surface area (Å²) in [6.07, 6.45) is 8.39. The molecule has 4 nitrogen and oxygen atoms in total. The number of hydrogen-bond donors (Lipinski definition) is 0. The molecular formula is C31H42N2O2. The first kappa shape index (κ1) is 28.3. The number of isocyanates is 1. The van der Waals surface area contributed by atoms with Crippen molar-refractivity contribution >= 4 is 11.8 Å². The molecule has 0 amide bonds. The Morgan fingerprint density at radius 1 is 0.743 bits per heavy atom. The second-order valence-electron chi connectivity index (χ2n) is 10.0. The zero-order valence-electron chi connectivity index (χ0n) is 22.9. The Morgan fingerprint density at radius 3 is 1.46 bits per heavy atom. The van der Waals surface area contributed by atoms with Crippen LogP contribution in [0.15, 0.2) is 29.3 Å². The molecular weight excluding hydrogens is 432 g/mol. The SMILES string of the molecule is CCC(C)c1cc(Cc2cc(C(C)CC)c(OC#N)c(C(C)CC)c2)cc(C(C)CC)c1N=C=O. The summed E-state index contributed by atoms with van der Waals surface area (Å²) in [4.78, 5) is 15.5. The maximum atomic E-state index is 11.3. The van der Waals surface area contributed by atoms with Crippen LogP contribution in [0.2, 0.25) is 0 Å². The predicted molar refractivity (Wildman–Crippen MR) is 145 cm³/mol. The normalized spacial score (nSPS) is 14.4. The summed E-state index contributed by atoms with van der Waals surface area (Å²) in [5, 5.41) is 9.36. The van der Waals surface area contributed by atoms with Gasteiger partial charge in [-0.2, -0.15) is 4.99 Å². The van der Waals surface area contributed by atoms with Gasteiger partial charge in [-0.3, -0.25) is 0 Å². The van der Waals surface area contributed by atoms with Crippen molar-refractivity contribution < 1.29 is 9.53 Å². The van der Waals surface area contributed by atoms with Crippen LogP contribution in [0.3, 0.4) is 0 Å². The maximum absolute atomic E-state index is 11.3. The Kier molecular flexibility index (Phi) is 10.7. The molecule has 0 radical (unpaired) electrons. The third kappa shape index (κ3) is 6.62. The van der Waals surface area contributed by atoms with Gasteiger partial charge in [-0.1, -0.05) is 79.7 Å². The molecule has 0 aliphatic rings. The molecule has 0 aromatic heterocycles. The third-order valence-electron chi connectivity index (χ3n) is 7.72. The molecule has 0 bridgehead atoms. The van der Waals surface area contributed by atoms with Crippen LogP contribution in [0.5, 0.6) is 5.75 Å². The van der Waals surface area contributed by atoms with Crippen molar-refractivity contribution in [2.45, 2.75) is 111 Å². The van der Waals surface area contributed by atoms with Crippen molar-refractivity contribution in [1.29, 1.82) is 5.26 Å². The monoisotopic (exact) mass is 474 g/mol. The predicted octanol–water partition coefficient (Wildman–Crippen LogP) is 9.16. The lowest BCUT2D eigenvalue weighted by Gasteiger charge is -2.23. The fourth-order valence-corrected chi connectivity index (χ4v) is 4.62. The van der Waals surface area contributed by atoms with E-state index in [1.54, 1.807) is 6.08 Å². The summed E-state index contributed by atoms with van der Waals surface area (Å²) in [5.41, 5.74) is 7.69. The van der Waals surface area contributed by atoms with Crippen LogP contribution >= 0.6 is 0 Å². The largest absolute Gasteiger partial charge is 0.387 e. The zero-order valence-corrected chi connectivity index (χ0v) is 22.9. The van der Waals surface area contributed by atoms with E-state index in [9.17, 15) is 10.1 Å². The molecule has 4 atom stereocenters. The second-order valence-corrected chi connectivity index (χ2v) is 10.0. The highest BCUT2D eigenvalue weighted by Gasteiger charge is 2.22. The lowest BCUT2D eigenvalue weighted by atomic mass is 9.84. The summed E-state index contributed by atoms with van der Waals surface area (Å²) in [5.74, 6) is 1.90. The number of hydrogen-bond acceptors (Lipinski definition) is 4. The number of ether oxygens (including phenoxy) is 1. The summed E-state index contributed by atoms with van der Waals surface area (Å²) in [7, 11) is 0. The summed E-state index contributed by atoms with van der Waals surface area (Å²) >= 11 is 0. The van der Waals surface area contributed by atoms with Crippen molar-refractivity contribution in [1.82, 2.24) is 0 Å². The molecule has 2 rings (SSSR count). The van der Waals surface area contributed by atoms with E-state index in [1.165, 1.54) is 11.1 Å². The highest BCUT2D eigenvalue weighted by atomic mass is 16.5. The van der Waals surface area contributed by atoms with Gasteiger partial charge in [0.1, 0.15) is 5.75 Å². The zero-order chi connectivity index (χ0) is 26.1. The topological polar surface area (TPSA) is 62.4 Å². The molecule has 4 unspecified atom stereocenters. The van der Waals surface area contributed by atoms with Crippen LogP contribution in [0.25, 0.3) is 0 Å². The molecule has 0 saturated carbocycles. The first-order valence-electron chi connectivity index (χ1n) is 13.2. The van der Waals surface area contributed by atoms with E-state index in [4.69, 9.17) is 4.74 Å². The molecule has 0 N–H and O–H groups in total. The maximum Gasteiger partial charge on any atom is 0.292 e. The van der Waals surface area contributed by atoms with Gasteiger partial charge in [-0.15, -0.1) is 5.26 Å². The molecule has 2 aromatic carbocycles. The van der Waals surface area contributed by atoms with Gasteiger partial charge in [0.15, 0.2) is 0 Å². The first-order valence-corrected chi connectivity index (χ1v) is 13.2. The number of aliphatic imine (C=N–C) groups is 1. The molecule has 2 aromatic rings. The van der Waals surface area contributed by atoms with Gasteiger partial charge < -0.3 is 4.74 Å². The molecule has 0 fully saturated rings. The molecule has 0 spiro atoms. The second kappa shape index (κ2) is 13.3. The van der Waals surface area contributed by atoms with Crippen molar-refractivity contribution in [3.63, 3.8) is 0 Å². The van der Waals surface area contributed by atoms with Crippen LogP contribution in [0.1, 0.15) is 138 Å². The standard InChI is InChI=1S/C31H42N2O2/c1-9-20(5)26-14-24(15-27(21(6)10-2)30(26)33-19-34)13-25-16-28(22(7)11-3)31(35-18-32)29(17-25)23(8)12-4/h14-17,20-23H,9-13H2,1-8H3. The highest BCUT2D eigenvalue weighted by molar-refractivity contribution is 5.62. The van der Waals surface area contributed by atoms with E-state index >= 15 is 0 Å². The molecule has 188 valence electrons. The van der Waals surface area contributed by atoms with E-state index in [1.807, 2.05) is 6.26 Å². The van der Waals surface area contributed by atoms with Gasteiger partial charge in [-0.25, -0.2) is 4.79 Å². The molecule has 0 saturated heterocycles. The Hall–Kier alpha value is -2.89. The van der Waals surface area contributed by atoms with Crippen molar-refractivity contribution in [2.75, 3.05) is 0 Å². The molecule has 4 heteroatoms. The number of nitrogens with zero attached hydrogens (tertiary/aromatic N) is 2. The smallest absolute Gasteiger partial charge is 0.292 e. The van der Waals surface area contributed by atoms with Gasteiger partial charge in [0.05, 0.1) is 5.69 Å². The van der Waals surface area contributed by atoms with Crippen LogP contribution < -0.4 is 4.74 Å². The Bertz CT molecular complexity index is 1030. The summed E-state index contributed by atoms with van der Waals surface area (Å²) < 4.78 is 5.55. The van der Waals surface area contributed by atoms with E-state index in [2.05, 4.69) is 84.6 Å². The van der Waals surface area contributed by atoms with E-state index in [0.717, 1.165) is 65.8 Å². The third-order valence-corrected chi connectivity index (χ3v) is 7.72. The van der Waals surface area contributed by atoms with E-state index < -0.39 is 0 Å². The summed E-state index contributed by atoms with van der Waals surface area (Å²) in [6, 6.07) is 8.88. The Labute approximate surface area is 212 Å². The minimum absolute atomic E-state index is 0.289. The number of rotatable bonds is 12. The van der Waals surface area contributed by atoms with Crippen molar-refractivity contribution in [3.8, 4) is 12.0 Å². The highest BCUT2D eigenvalue weighted by Crippen LogP contribution is 2.41. The van der Waals surface area contributed by atoms with Crippen LogP contribution in [0, 0.1) is 11.5 Å². The van der Waals surface area contributed by atoms with Gasteiger partial charge in [0.2, 0.25) is 6.08 Å². The molecule has 35 heavy (non-hydrogen) atoms. The number of benzene rings is 2. The van der Waals surface area contributed by atoms with Gasteiger partial charge in [-0.05, 0) is 89.2 Å². The Morgan fingerprint density at radius 2 is 1.11 bits per heavy atom. The van der Waals surface area contributed by atoms with Gasteiger partial charge >= 0.3 is 0 Å². The van der Waals surface area contributed by atoms with E-state index in [0.29, 0.717) is 11.8 Å². The minimum Gasteiger partial charge on any atom is -0.387 e. The molecule has 0 heterocycles. The molecule has 0 aliphatic heterocycles. The fraction of sp³-hybridized carbons (Fsp3) is 0.548. The van der Waals surface area contributed by atoms with Gasteiger partial charge in [0, 0.05) is 0 Å². The van der Waals surface area contributed by atoms with Gasteiger partial charge in [0.25, 0.3) is 6.26 Å². The number of carbonyl (C=O) groups excluding carboxylic acids is 1. The van der Waals surface area contributed by atoms with E-state index in [-0.39, 0.29) is 11.8 Å². The van der Waals surface area contributed by atoms with Crippen LogP contribution in [0.4, 0.5) is 5.69 Å². The lowest BCUT2D eigenvalue weighted by Crippen LogP contribution is -2.06. The quantitative estimate of drug-likeness (QED) is 0.175. The van der Waals surface area contributed by atoms with Crippen molar-refractivity contribution in [3.05, 3.63) is 57.6 Å². The lowest BCUT2D eigenvalue weighted by molar-refractivity contribution is 0.479. The number of nitriles is 1. The van der Waals surface area contributed by atoms with Crippen molar-refractivity contribution in [2.24, 2.45) is 4.99 Å². The average molecular weight is 475 g/mol. The fourth-order valence-electron chi connectivity index (χ4n) is 4.62. The minimum atomic E-state index is 0.289. The van der Waals surface area contributed by atoms with Crippen LogP contribution in [-0.2, 0) is 11.2 Å². The Balaban J connectivity index is 2.75. The summed E-state index contributed by atoms with van der Waals surface area (Å²) in [6.45, 7) is 17.4. The van der Waals surface area contributed by atoms with Crippen LogP contribution in [-0.4, -0.2) is 6.08 Å².